The molecule has 0 aliphatic heterocycles. The molecule has 0 aromatic heterocycles. The molecule has 0 rings (SSSR count). The van der Waals surface area contributed by atoms with Crippen LogP contribution in [0.5, 0.6) is 0 Å². The molecular formula is C12H25NO3S. The van der Waals surface area contributed by atoms with Crippen LogP contribution in [0.3, 0.4) is 0 Å². The molecule has 0 aromatic rings. The van der Waals surface area contributed by atoms with Gasteiger partial charge in [0, 0.05) is 41.9 Å². The third-order valence-corrected chi connectivity index (χ3v) is 3.55. The predicted molar refractivity (Wildman–Crippen MR) is 71.5 cm³/mol. The summed E-state index contributed by atoms with van der Waals surface area (Å²) < 4.78 is 16.9. The molecule has 1 amide bonds. The predicted octanol–water partition coefficient (Wildman–Crippen LogP) is 1.32. The number of hydrogen-bond acceptors (Lipinski definition) is 3. The van der Waals surface area contributed by atoms with Crippen molar-refractivity contribution in [2.24, 2.45) is 5.92 Å². The molecule has 1 atom stereocenters. The van der Waals surface area contributed by atoms with Crippen molar-refractivity contribution in [1.29, 1.82) is 0 Å². The lowest BCUT2D eigenvalue weighted by Crippen LogP contribution is -2.27. The van der Waals surface area contributed by atoms with Crippen molar-refractivity contribution in [3.05, 3.63) is 0 Å². The van der Waals surface area contributed by atoms with Crippen LogP contribution in [0.1, 0.15) is 33.6 Å². The van der Waals surface area contributed by atoms with E-state index in [1.807, 2.05) is 0 Å². The van der Waals surface area contributed by atoms with Gasteiger partial charge in [-0.2, -0.15) is 0 Å². The lowest BCUT2D eigenvalue weighted by atomic mass is 10.1. The van der Waals surface area contributed by atoms with E-state index in [2.05, 4.69) is 19.2 Å². The third-order valence-electron chi connectivity index (χ3n) is 2.27. The lowest BCUT2D eigenvalue weighted by molar-refractivity contribution is -0.120. The fourth-order valence-electron chi connectivity index (χ4n) is 1.10. The number of ether oxygens (including phenoxy) is 1. The Bertz CT molecular complexity index is 232. The third kappa shape index (κ3) is 11.8. The lowest BCUT2D eigenvalue weighted by Gasteiger charge is -2.07. The Kier molecular flexibility index (Phi) is 10.5. The van der Waals surface area contributed by atoms with Crippen LogP contribution in [-0.2, 0) is 20.3 Å². The summed E-state index contributed by atoms with van der Waals surface area (Å²) in [6.07, 6.45) is 1.52. The van der Waals surface area contributed by atoms with Crippen molar-refractivity contribution in [2.75, 3.05) is 31.3 Å². The van der Waals surface area contributed by atoms with Crippen molar-refractivity contribution in [1.82, 2.24) is 5.32 Å². The second-order valence-electron chi connectivity index (χ2n) is 4.35. The molecule has 5 heteroatoms. The molecule has 0 saturated heterocycles. The van der Waals surface area contributed by atoms with Gasteiger partial charge in [0.05, 0.1) is 6.61 Å². The number of carbonyl (C=O) groups excluding carboxylic acids is 1. The molecular weight excluding hydrogens is 238 g/mol. The van der Waals surface area contributed by atoms with Crippen LogP contribution in [0.25, 0.3) is 0 Å². The van der Waals surface area contributed by atoms with Gasteiger partial charge >= 0.3 is 0 Å². The highest BCUT2D eigenvalue weighted by Gasteiger charge is 2.02. The minimum Gasteiger partial charge on any atom is -0.380 e. The Balaban J connectivity index is 3.32. The Hall–Kier alpha value is -0.420. The van der Waals surface area contributed by atoms with Crippen molar-refractivity contribution < 1.29 is 13.7 Å². The summed E-state index contributed by atoms with van der Waals surface area (Å²) in [6, 6.07) is 0. The first-order chi connectivity index (χ1) is 8.06. The van der Waals surface area contributed by atoms with E-state index in [-0.39, 0.29) is 5.91 Å². The molecule has 0 fully saturated rings. The zero-order valence-electron chi connectivity index (χ0n) is 11.2. The van der Waals surface area contributed by atoms with E-state index < -0.39 is 10.8 Å². The van der Waals surface area contributed by atoms with Gasteiger partial charge in [-0.15, -0.1) is 0 Å². The first-order valence-electron chi connectivity index (χ1n) is 6.25. The fraction of sp³-hybridized carbons (Fsp3) is 0.917. The number of carbonyl (C=O) groups is 1. The maximum Gasteiger partial charge on any atom is 0.219 e. The van der Waals surface area contributed by atoms with E-state index >= 15 is 0 Å². The largest absolute Gasteiger partial charge is 0.380 e. The molecule has 0 aliphatic carbocycles. The summed E-state index contributed by atoms with van der Waals surface area (Å²) in [5.74, 6) is 1.72. The van der Waals surface area contributed by atoms with Crippen LogP contribution in [0.15, 0.2) is 0 Å². The second kappa shape index (κ2) is 10.7. The first kappa shape index (κ1) is 16.6. The molecule has 17 heavy (non-hydrogen) atoms. The highest BCUT2D eigenvalue weighted by atomic mass is 32.2. The Labute approximate surface area is 107 Å². The zero-order chi connectivity index (χ0) is 13.1. The minimum absolute atomic E-state index is 0.00943. The summed E-state index contributed by atoms with van der Waals surface area (Å²) in [6.45, 7) is 7.87. The van der Waals surface area contributed by atoms with Gasteiger partial charge in [-0.05, 0) is 12.3 Å². The van der Waals surface area contributed by atoms with Crippen molar-refractivity contribution >= 4 is 16.7 Å². The van der Waals surface area contributed by atoms with Crippen LogP contribution < -0.4 is 5.32 Å². The van der Waals surface area contributed by atoms with E-state index in [4.69, 9.17) is 4.74 Å². The van der Waals surface area contributed by atoms with Gasteiger partial charge in [0.1, 0.15) is 0 Å². The molecule has 1 N–H and O–H groups in total. The summed E-state index contributed by atoms with van der Waals surface area (Å²) in [5.41, 5.74) is 0. The van der Waals surface area contributed by atoms with E-state index in [0.29, 0.717) is 37.0 Å². The molecule has 102 valence electrons. The second-order valence-corrected chi connectivity index (χ2v) is 6.04. The average Bonchev–Trinajstić information content (AvgIpc) is 2.27. The topological polar surface area (TPSA) is 55.4 Å². The SMILES string of the molecule is CCC(=O)NCCS(=O)CCOCCC(C)C. The molecule has 0 bridgehead atoms. The summed E-state index contributed by atoms with van der Waals surface area (Å²) in [4.78, 5) is 10.9. The molecule has 1 unspecified atom stereocenters. The standard InChI is InChI=1S/C12H25NO3S/c1-4-12(14)13-6-9-17(15)10-8-16-7-5-11(2)3/h11H,4-10H2,1-3H3,(H,13,14). The Morgan fingerprint density at radius 3 is 2.59 bits per heavy atom. The van der Waals surface area contributed by atoms with Crippen molar-refractivity contribution in [2.45, 2.75) is 33.6 Å². The number of rotatable bonds is 10. The van der Waals surface area contributed by atoms with Crippen LogP contribution in [0.2, 0.25) is 0 Å². The van der Waals surface area contributed by atoms with Gasteiger partial charge in [0.25, 0.3) is 0 Å². The molecule has 0 heterocycles. The Morgan fingerprint density at radius 2 is 2.00 bits per heavy atom. The van der Waals surface area contributed by atoms with E-state index in [1.165, 1.54) is 0 Å². The summed E-state index contributed by atoms with van der Waals surface area (Å²) in [5, 5.41) is 2.71. The molecule has 0 aliphatic rings. The number of amides is 1. The highest BCUT2D eigenvalue weighted by Crippen LogP contribution is 1.98. The molecule has 4 nitrogen and oxygen atoms in total. The highest BCUT2D eigenvalue weighted by molar-refractivity contribution is 7.85. The molecule has 0 saturated carbocycles. The van der Waals surface area contributed by atoms with Gasteiger partial charge in [-0.1, -0.05) is 20.8 Å². The van der Waals surface area contributed by atoms with Gasteiger partial charge in [-0.25, -0.2) is 0 Å². The normalized spacial score (nSPS) is 12.7. The zero-order valence-corrected chi connectivity index (χ0v) is 12.0. The first-order valence-corrected chi connectivity index (χ1v) is 7.74. The monoisotopic (exact) mass is 263 g/mol. The minimum atomic E-state index is -0.892. The van der Waals surface area contributed by atoms with Crippen LogP contribution in [0.4, 0.5) is 0 Å². The quantitative estimate of drug-likeness (QED) is 0.605. The molecule has 0 aromatic carbocycles. The van der Waals surface area contributed by atoms with Crippen LogP contribution in [0, 0.1) is 5.92 Å². The van der Waals surface area contributed by atoms with E-state index in [9.17, 15) is 9.00 Å². The van der Waals surface area contributed by atoms with Gasteiger partial charge < -0.3 is 10.1 Å². The maximum atomic E-state index is 11.5. The maximum absolute atomic E-state index is 11.5. The summed E-state index contributed by atoms with van der Waals surface area (Å²) in [7, 11) is -0.892. The van der Waals surface area contributed by atoms with E-state index in [0.717, 1.165) is 13.0 Å². The van der Waals surface area contributed by atoms with Crippen LogP contribution in [-0.4, -0.2) is 41.4 Å². The molecule has 0 radical (unpaired) electrons. The Morgan fingerprint density at radius 1 is 1.29 bits per heavy atom. The number of nitrogens with one attached hydrogen (secondary N) is 1. The number of hydrogen-bond donors (Lipinski definition) is 1. The fourth-order valence-corrected chi connectivity index (χ4v) is 1.94. The summed E-state index contributed by atoms with van der Waals surface area (Å²) >= 11 is 0. The van der Waals surface area contributed by atoms with E-state index in [1.54, 1.807) is 6.92 Å². The van der Waals surface area contributed by atoms with Crippen molar-refractivity contribution in [3.8, 4) is 0 Å². The van der Waals surface area contributed by atoms with Gasteiger partial charge in [0.15, 0.2) is 0 Å². The molecule has 0 spiro atoms. The van der Waals surface area contributed by atoms with Gasteiger partial charge in [-0.3, -0.25) is 9.00 Å². The van der Waals surface area contributed by atoms with Gasteiger partial charge in [0.2, 0.25) is 5.91 Å². The average molecular weight is 263 g/mol. The van der Waals surface area contributed by atoms with Crippen molar-refractivity contribution in [3.63, 3.8) is 0 Å². The smallest absolute Gasteiger partial charge is 0.219 e. The van der Waals surface area contributed by atoms with Crippen LogP contribution >= 0.6 is 0 Å².